The van der Waals surface area contributed by atoms with Crippen molar-refractivity contribution < 1.29 is 22.4 Å². The molecule has 0 aliphatic heterocycles. The molecular formula is C23H32N2O5S. The van der Waals surface area contributed by atoms with Gasteiger partial charge in [-0.05, 0) is 70.1 Å². The number of nitrogens with zero attached hydrogens (tertiary/aromatic N) is 2. The van der Waals surface area contributed by atoms with Crippen molar-refractivity contribution in [2.24, 2.45) is 0 Å². The molecule has 2 aliphatic rings. The van der Waals surface area contributed by atoms with E-state index in [1.807, 2.05) is 18.2 Å². The van der Waals surface area contributed by atoms with E-state index in [9.17, 15) is 8.42 Å². The topological polar surface area (TPSA) is 81.9 Å². The summed E-state index contributed by atoms with van der Waals surface area (Å²) in [7, 11) is -2.08. The summed E-state index contributed by atoms with van der Waals surface area (Å²) in [5.41, 5.74) is 1.28. The Morgan fingerprint density at radius 1 is 1.06 bits per heavy atom. The van der Waals surface area contributed by atoms with Crippen LogP contribution in [-0.4, -0.2) is 37.1 Å². The van der Waals surface area contributed by atoms with E-state index in [-0.39, 0.29) is 23.6 Å². The molecule has 2 aromatic rings. The molecule has 0 unspecified atom stereocenters. The van der Waals surface area contributed by atoms with E-state index in [2.05, 4.69) is 5.16 Å². The standard InChI is InChI=1S/C23H32N2O5S/c1-16-23(17(2)30-24-16)31(26,27)25(19-11-12-19)15-18-10-13-21(28-3)22(14-18)29-20-8-6-4-5-7-9-20/h10,13-14,19-20H,4-9,11-12,15H2,1-3H3. The molecule has 4 rings (SSSR count). The summed E-state index contributed by atoms with van der Waals surface area (Å²) in [6.07, 6.45) is 8.87. The molecule has 0 saturated heterocycles. The number of hydrogen-bond donors (Lipinski definition) is 0. The van der Waals surface area contributed by atoms with Gasteiger partial charge < -0.3 is 14.0 Å². The summed E-state index contributed by atoms with van der Waals surface area (Å²) in [6, 6.07) is 5.72. The maximum atomic E-state index is 13.5. The highest BCUT2D eigenvalue weighted by Gasteiger charge is 2.40. The number of ether oxygens (including phenoxy) is 2. The predicted octanol–water partition coefficient (Wildman–Crippen LogP) is 4.75. The van der Waals surface area contributed by atoms with Crippen molar-refractivity contribution in [1.82, 2.24) is 9.46 Å². The summed E-state index contributed by atoms with van der Waals surface area (Å²) in [5.74, 6) is 1.70. The molecule has 0 radical (unpaired) electrons. The second-order valence-corrected chi connectivity index (χ2v) is 10.5. The number of sulfonamides is 1. The normalized spacial score (nSPS) is 18.2. The quantitative estimate of drug-likeness (QED) is 0.542. The number of hydrogen-bond acceptors (Lipinski definition) is 6. The van der Waals surface area contributed by atoms with Crippen LogP contribution in [0.15, 0.2) is 27.6 Å². The van der Waals surface area contributed by atoms with Crippen molar-refractivity contribution in [3.63, 3.8) is 0 Å². The fourth-order valence-corrected chi connectivity index (χ4v) is 6.33. The molecule has 0 amide bonds. The third-order valence-corrected chi connectivity index (χ3v) is 8.29. The van der Waals surface area contributed by atoms with Crippen molar-refractivity contribution in [1.29, 1.82) is 0 Å². The largest absolute Gasteiger partial charge is 0.493 e. The Hall–Kier alpha value is -2.06. The van der Waals surface area contributed by atoms with Crippen LogP contribution in [0.25, 0.3) is 0 Å². The fraction of sp³-hybridized carbons (Fsp3) is 0.609. The summed E-state index contributed by atoms with van der Waals surface area (Å²) in [4.78, 5) is 0.183. The molecule has 8 heteroatoms. The number of aromatic nitrogens is 1. The van der Waals surface area contributed by atoms with Crippen molar-refractivity contribution in [2.75, 3.05) is 7.11 Å². The summed E-state index contributed by atoms with van der Waals surface area (Å²) in [6.45, 7) is 3.59. The average Bonchev–Trinajstić information content (AvgIpc) is 3.54. The molecule has 31 heavy (non-hydrogen) atoms. The summed E-state index contributed by atoms with van der Waals surface area (Å²) >= 11 is 0. The molecular weight excluding hydrogens is 416 g/mol. The van der Waals surface area contributed by atoms with Crippen LogP contribution < -0.4 is 9.47 Å². The Labute approximate surface area is 184 Å². The third kappa shape index (κ3) is 4.90. The lowest BCUT2D eigenvalue weighted by atomic mass is 10.1. The van der Waals surface area contributed by atoms with Gasteiger partial charge in [0.1, 0.15) is 10.6 Å². The van der Waals surface area contributed by atoms with Gasteiger partial charge in [-0.15, -0.1) is 0 Å². The highest BCUT2D eigenvalue weighted by atomic mass is 32.2. The van der Waals surface area contributed by atoms with Crippen LogP contribution in [0.1, 0.15) is 68.4 Å². The Bertz CT molecular complexity index is 985. The lowest BCUT2D eigenvalue weighted by molar-refractivity contribution is 0.176. The molecule has 2 aliphatic carbocycles. The predicted molar refractivity (Wildman–Crippen MR) is 117 cm³/mol. The highest BCUT2D eigenvalue weighted by Crippen LogP contribution is 2.37. The molecule has 7 nitrogen and oxygen atoms in total. The van der Waals surface area contributed by atoms with Crippen molar-refractivity contribution in [2.45, 2.75) is 88.8 Å². The molecule has 170 valence electrons. The van der Waals surface area contributed by atoms with Gasteiger partial charge in [0.25, 0.3) is 0 Å². The van der Waals surface area contributed by atoms with Gasteiger partial charge in [0.2, 0.25) is 10.0 Å². The minimum Gasteiger partial charge on any atom is -0.493 e. The van der Waals surface area contributed by atoms with E-state index in [0.717, 1.165) is 31.2 Å². The average molecular weight is 449 g/mol. The van der Waals surface area contributed by atoms with Crippen LogP contribution >= 0.6 is 0 Å². The van der Waals surface area contributed by atoms with Gasteiger partial charge in [-0.3, -0.25) is 0 Å². The fourth-order valence-electron chi connectivity index (χ4n) is 4.36. The number of rotatable bonds is 8. The van der Waals surface area contributed by atoms with Crippen LogP contribution in [0.3, 0.4) is 0 Å². The molecule has 2 saturated carbocycles. The van der Waals surface area contributed by atoms with Crippen molar-refractivity contribution in [3.8, 4) is 11.5 Å². The van der Waals surface area contributed by atoms with Gasteiger partial charge >= 0.3 is 0 Å². The Morgan fingerprint density at radius 2 is 1.77 bits per heavy atom. The molecule has 0 bridgehead atoms. The van der Waals surface area contributed by atoms with E-state index in [0.29, 0.717) is 23.0 Å². The molecule has 0 atom stereocenters. The molecule has 1 aromatic carbocycles. The molecule has 2 fully saturated rings. The molecule has 0 spiro atoms. The minimum atomic E-state index is -3.71. The summed E-state index contributed by atoms with van der Waals surface area (Å²) < 4.78 is 45.5. The van der Waals surface area contributed by atoms with Crippen molar-refractivity contribution in [3.05, 3.63) is 35.2 Å². The zero-order chi connectivity index (χ0) is 22.0. The van der Waals surface area contributed by atoms with E-state index in [1.165, 1.54) is 25.7 Å². The van der Waals surface area contributed by atoms with Gasteiger partial charge in [0, 0.05) is 12.6 Å². The smallest absolute Gasteiger partial charge is 0.249 e. The van der Waals surface area contributed by atoms with E-state index in [4.69, 9.17) is 14.0 Å². The first kappa shape index (κ1) is 22.1. The Morgan fingerprint density at radius 3 is 2.35 bits per heavy atom. The summed E-state index contributed by atoms with van der Waals surface area (Å²) in [5, 5.41) is 3.84. The molecule has 0 N–H and O–H groups in total. The van der Waals surface area contributed by atoms with E-state index < -0.39 is 10.0 Å². The highest BCUT2D eigenvalue weighted by molar-refractivity contribution is 7.89. The second kappa shape index (κ2) is 9.20. The number of methoxy groups -OCH3 is 1. The monoisotopic (exact) mass is 448 g/mol. The van der Waals surface area contributed by atoms with E-state index in [1.54, 1.807) is 25.3 Å². The Kier molecular flexibility index (Phi) is 6.57. The van der Waals surface area contributed by atoms with Gasteiger partial charge in [0.15, 0.2) is 17.3 Å². The van der Waals surface area contributed by atoms with E-state index >= 15 is 0 Å². The van der Waals surface area contributed by atoms with Crippen LogP contribution in [0.5, 0.6) is 11.5 Å². The maximum Gasteiger partial charge on any atom is 0.249 e. The minimum absolute atomic E-state index is 0.00651. The molecule has 1 heterocycles. The SMILES string of the molecule is COc1ccc(CN(C2CC2)S(=O)(=O)c2c(C)noc2C)cc1OC1CCCCCC1. The first-order valence-electron chi connectivity index (χ1n) is 11.2. The first-order chi connectivity index (χ1) is 14.9. The lowest BCUT2D eigenvalue weighted by Crippen LogP contribution is -2.33. The lowest BCUT2D eigenvalue weighted by Gasteiger charge is -2.23. The first-order valence-corrected chi connectivity index (χ1v) is 12.6. The zero-order valence-electron chi connectivity index (χ0n) is 18.6. The second-order valence-electron chi connectivity index (χ2n) is 8.65. The van der Waals surface area contributed by atoms with Gasteiger partial charge in [-0.1, -0.05) is 24.1 Å². The van der Waals surface area contributed by atoms with Crippen LogP contribution in [0.4, 0.5) is 0 Å². The van der Waals surface area contributed by atoms with Gasteiger partial charge in [-0.2, -0.15) is 4.31 Å². The Balaban J connectivity index is 1.59. The van der Waals surface area contributed by atoms with Gasteiger partial charge in [0.05, 0.1) is 13.2 Å². The third-order valence-electron chi connectivity index (χ3n) is 6.15. The van der Waals surface area contributed by atoms with Crippen LogP contribution in [-0.2, 0) is 16.6 Å². The number of aryl methyl sites for hydroxylation is 2. The van der Waals surface area contributed by atoms with Crippen LogP contribution in [0, 0.1) is 13.8 Å². The van der Waals surface area contributed by atoms with Gasteiger partial charge in [-0.25, -0.2) is 8.42 Å². The van der Waals surface area contributed by atoms with Crippen molar-refractivity contribution >= 4 is 10.0 Å². The number of benzene rings is 1. The van der Waals surface area contributed by atoms with Crippen LogP contribution in [0.2, 0.25) is 0 Å². The zero-order valence-corrected chi connectivity index (χ0v) is 19.4. The molecule has 1 aromatic heterocycles. The maximum absolute atomic E-state index is 13.5.